The Morgan fingerprint density at radius 2 is 1.91 bits per heavy atom. The standard InChI is InChI=1S/C22H22F3N3O3S/c1-15(2)13-27-14-17(12-26-27)16-6-7-21-20(10-16)28(8-9-31-21)32(29,30)19-5-3-4-18(11-19)22(23,24)25/h3-7,10-12,14-15H,8-9,13H2,1-2H3. The predicted octanol–water partition coefficient (Wildman–Crippen LogP) is 4.81. The Morgan fingerprint density at radius 3 is 2.62 bits per heavy atom. The Hall–Kier alpha value is -3.01. The predicted molar refractivity (Wildman–Crippen MR) is 114 cm³/mol. The molecule has 170 valence electrons. The van der Waals surface area contributed by atoms with E-state index < -0.39 is 26.7 Å². The summed E-state index contributed by atoms with van der Waals surface area (Å²) in [6.07, 6.45) is -1.08. The van der Waals surface area contributed by atoms with E-state index in [0.29, 0.717) is 17.7 Å². The van der Waals surface area contributed by atoms with Gasteiger partial charge in [-0.05, 0) is 41.8 Å². The molecule has 0 spiro atoms. The Balaban J connectivity index is 1.73. The molecule has 0 amide bonds. The molecule has 0 atom stereocenters. The molecule has 10 heteroatoms. The molecule has 1 aromatic heterocycles. The summed E-state index contributed by atoms with van der Waals surface area (Å²) in [5.41, 5.74) is 0.796. The molecule has 0 N–H and O–H groups in total. The minimum atomic E-state index is -4.64. The van der Waals surface area contributed by atoms with Gasteiger partial charge in [0, 0.05) is 18.3 Å². The van der Waals surface area contributed by atoms with E-state index in [0.717, 1.165) is 34.1 Å². The number of ether oxygens (including phenoxy) is 1. The van der Waals surface area contributed by atoms with E-state index in [4.69, 9.17) is 4.74 Å². The third kappa shape index (κ3) is 4.32. The number of aromatic nitrogens is 2. The Bertz CT molecular complexity index is 1240. The van der Waals surface area contributed by atoms with Crippen molar-refractivity contribution in [1.29, 1.82) is 0 Å². The molecule has 0 unspecified atom stereocenters. The molecule has 32 heavy (non-hydrogen) atoms. The van der Waals surface area contributed by atoms with Gasteiger partial charge in [-0.3, -0.25) is 8.99 Å². The highest BCUT2D eigenvalue weighted by Crippen LogP contribution is 2.39. The molecule has 3 aromatic rings. The van der Waals surface area contributed by atoms with Gasteiger partial charge in [-0.15, -0.1) is 0 Å². The normalized spacial score (nSPS) is 14.4. The van der Waals surface area contributed by atoms with Crippen molar-refractivity contribution in [3.05, 3.63) is 60.4 Å². The summed E-state index contributed by atoms with van der Waals surface area (Å²) in [5.74, 6) is 0.762. The lowest BCUT2D eigenvalue weighted by Crippen LogP contribution is -2.38. The molecular formula is C22H22F3N3O3S. The van der Waals surface area contributed by atoms with Crippen LogP contribution in [0.1, 0.15) is 19.4 Å². The van der Waals surface area contributed by atoms with Crippen LogP contribution in [0.4, 0.5) is 18.9 Å². The molecule has 0 saturated heterocycles. The molecule has 0 bridgehead atoms. The van der Waals surface area contributed by atoms with Crippen molar-refractivity contribution < 1.29 is 26.3 Å². The van der Waals surface area contributed by atoms with Crippen LogP contribution >= 0.6 is 0 Å². The zero-order chi connectivity index (χ0) is 23.1. The fraction of sp³-hybridized carbons (Fsp3) is 0.318. The first-order valence-electron chi connectivity index (χ1n) is 10.1. The van der Waals surface area contributed by atoms with Crippen molar-refractivity contribution in [3.63, 3.8) is 0 Å². The largest absolute Gasteiger partial charge is 0.489 e. The summed E-state index contributed by atoms with van der Waals surface area (Å²) in [4.78, 5) is -0.421. The molecule has 2 heterocycles. The number of halogens is 3. The number of alkyl halides is 3. The fourth-order valence-electron chi connectivity index (χ4n) is 3.57. The molecule has 1 aliphatic heterocycles. The van der Waals surface area contributed by atoms with Crippen LogP contribution in [0.25, 0.3) is 11.1 Å². The first kappa shape index (κ1) is 22.2. The highest BCUT2D eigenvalue weighted by atomic mass is 32.2. The van der Waals surface area contributed by atoms with E-state index in [1.54, 1.807) is 24.4 Å². The lowest BCUT2D eigenvalue weighted by Gasteiger charge is -2.31. The van der Waals surface area contributed by atoms with Gasteiger partial charge in [-0.2, -0.15) is 18.3 Å². The maximum absolute atomic E-state index is 13.3. The second-order valence-electron chi connectivity index (χ2n) is 7.98. The van der Waals surface area contributed by atoms with Crippen LogP contribution in [0.5, 0.6) is 5.75 Å². The SMILES string of the molecule is CC(C)Cn1cc(-c2ccc3c(c2)N(S(=O)(=O)c2cccc(C(F)(F)F)c2)CCO3)cn1. The molecule has 6 nitrogen and oxygen atoms in total. The van der Waals surface area contributed by atoms with Gasteiger partial charge in [-0.25, -0.2) is 8.42 Å². The zero-order valence-corrected chi connectivity index (χ0v) is 18.3. The first-order chi connectivity index (χ1) is 15.1. The third-order valence-electron chi connectivity index (χ3n) is 5.05. The summed E-state index contributed by atoms with van der Waals surface area (Å²) in [6, 6.07) is 8.89. The van der Waals surface area contributed by atoms with Crippen LogP contribution < -0.4 is 9.04 Å². The highest BCUT2D eigenvalue weighted by molar-refractivity contribution is 7.92. The smallest absolute Gasteiger partial charge is 0.416 e. The summed E-state index contributed by atoms with van der Waals surface area (Å²) >= 11 is 0. The molecule has 0 saturated carbocycles. The van der Waals surface area contributed by atoms with Gasteiger partial charge in [0.15, 0.2) is 0 Å². The number of fused-ring (bicyclic) bond motifs is 1. The fourth-order valence-corrected chi connectivity index (χ4v) is 5.07. The van der Waals surface area contributed by atoms with Gasteiger partial charge in [0.25, 0.3) is 10.0 Å². The summed E-state index contributed by atoms with van der Waals surface area (Å²) in [7, 11) is -4.24. The van der Waals surface area contributed by atoms with Gasteiger partial charge in [0.1, 0.15) is 12.4 Å². The maximum Gasteiger partial charge on any atom is 0.416 e. The minimum absolute atomic E-state index is 0.0123. The quantitative estimate of drug-likeness (QED) is 0.542. The number of anilines is 1. The molecule has 1 aliphatic rings. The highest BCUT2D eigenvalue weighted by Gasteiger charge is 2.34. The van der Waals surface area contributed by atoms with E-state index in [-0.39, 0.29) is 18.8 Å². The van der Waals surface area contributed by atoms with E-state index in [1.807, 2.05) is 10.9 Å². The van der Waals surface area contributed by atoms with Crippen LogP contribution in [0.3, 0.4) is 0 Å². The van der Waals surface area contributed by atoms with Crippen molar-refractivity contribution in [2.45, 2.75) is 31.5 Å². The van der Waals surface area contributed by atoms with Crippen LogP contribution in [0.15, 0.2) is 59.8 Å². The first-order valence-corrected chi connectivity index (χ1v) is 11.5. The van der Waals surface area contributed by atoms with Crippen LogP contribution in [-0.2, 0) is 22.7 Å². The zero-order valence-electron chi connectivity index (χ0n) is 17.5. The van der Waals surface area contributed by atoms with Crippen LogP contribution in [0.2, 0.25) is 0 Å². The summed E-state index contributed by atoms with van der Waals surface area (Å²) in [5, 5.41) is 4.34. The summed E-state index contributed by atoms with van der Waals surface area (Å²) in [6.45, 7) is 4.98. The van der Waals surface area contributed by atoms with Crippen LogP contribution in [0, 0.1) is 5.92 Å². The Labute approximate surface area is 184 Å². The Morgan fingerprint density at radius 1 is 1.12 bits per heavy atom. The summed E-state index contributed by atoms with van der Waals surface area (Å²) < 4.78 is 74.5. The average molecular weight is 465 g/mol. The maximum atomic E-state index is 13.3. The van der Waals surface area contributed by atoms with Crippen molar-refractivity contribution in [2.75, 3.05) is 17.5 Å². The van der Waals surface area contributed by atoms with Crippen molar-refractivity contribution in [1.82, 2.24) is 9.78 Å². The number of rotatable bonds is 5. The van der Waals surface area contributed by atoms with E-state index >= 15 is 0 Å². The molecule has 0 fully saturated rings. The van der Waals surface area contributed by atoms with Crippen molar-refractivity contribution in [3.8, 4) is 16.9 Å². The molecule has 0 aliphatic carbocycles. The minimum Gasteiger partial charge on any atom is -0.489 e. The second-order valence-corrected chi connectivity index (χ2v) is 9.84. The number of hydrogen-bond donors (Lipinski definition) is 0. The topological polar surface area (TPSA) is 64.4 Å². The average Bonchev–Trinajstić information content (AvgIpc) is 3.20. The molecule has 2 aromatic carbocycles. The van der Waals surface area contributed by atoms with Gasteiger partial charge < -0.3 is 4.74 Å². The molecular weight excluding hydrogens is 443 g/mol. The molecule has 4 rings (SSSR count). The number of nitrogens with zero attached hydrogens (tertiary/aromatic N) is 3. The van der Waals surface area contributed by atoms with Gasteiger partial charge in [-0.1, -0.05) is 26.0 Å². The Kier molecular flexibility index (Phi) is 5.66. The van der Waals surface area contributed by atoms with Crippen LogP contribution in [-0.4, -0.2) is 31.3 Å². The van der Waals surface area contributed by atoms with Gasteiger partial charge in [0.05, 0.1) is 28.9 Å². The lowest BCUT2D eigenvalue weighted by molar-refractivity contribution is -0.137. The van der Waals surface area contributed by atoms with E-state index in [1.165, 1.54) is 6.07 Å². The monoisotopic (exact) mass is 465 g/mol. The van der Waals surface area contributed by atoms with Crippen molar-refractivity contribution >= 4 is 15.7 Å². The van der Waals surface area contributed by atoms with Gasteiger partial charge >= 0.3 is 6.18 Å². The number of hydrogen-bond acceptors (Lipinski definition) is 4. The van der Waals surface area contributed by atoms with E-state index in [2.05, 4.69) is 18.9 Å². The van der Waals surface area contributed by atoms with E-state index in [9.17, 15) is 21.6 Å². The second kappa shape index (κ2) is 8.16. The lowest BCUT2D eigenvalue weighted by atomic mass is 10.1. The number of benzene rings is 2. The van der Waals surface area contributed by atoms with Gasteiger partial charge in [0.2, 0.25) is 0 Å². The third-order valence-corrected chi connectivity index (χ3v) is 6.86. The van der Waals surface area contributed by atoms with Crippen molar-refractivity contribution in [2.24, 2.45) is 5.92 Å². The number of sulfonamides is 1. The molecule has 0 radical (unpaired) electrons.